The van der Waals surface area contributed by atoms with Crippen LogP contribution in [0.3, 0.4) is 0 Å². The fraction of sp³-hybridized carbons (Fsp3) is 0.739. The number of aryl methyl sites for hydroxylation is 1. The maximum Gasteiger partial charge on any atom is 0.408 e. The standard InChI is InChI=1S/C23H38N4O3S/c1-22(2,3)29-21(28)26-18-14-27(12-11-19(18)30-31(7)23(4,5)6)20-15-9-8-10-17(15)25-13-16(20)24/h13,18-19H,8-12,14,24H2,1-7H3/p+1/t18-,19-,31?/m1/s1. The van der Waals surface area contributed by atoms with Crippen molar-refractivity contribution in [2.45, 2.75) is 89.7 Å². The molecule has 7 nitrogen and oxygen atoms in total. The van der Waals surface area contributed by atoms with Gasteiger partial charge in [-0.05, 0) is 72.8 Å². The summed E-state index contributed by atoms with van der Waals surface area (Å²) in [4.78, 5) is 19.5. The Labute approximate surface area is 190 Å². The molecule has 174 valence electrons. The van der Waals surface area contributed by atoms with Gasteiger partial charge in [-0.2, -0.15) is 4.18 Å². The van der Waals surface area contributed by atoms with Crippen LogP contribution < -0.4 is 16.0 Å². The molecule has 0 spiro atoms. The molecule has 1 aromatic heterocycles. The van der Waals surface area contributed by atoms with Crippen molar-refractivity contribution < 1.29 is 13.7 Å². The van der Waals surface area contributed by atoms with E-state index in [0.29, 0.717) is 12.2 Å². The van der Waals surface area contributed by atoms with E-state index in [1.54, 1.807) is 6.20 Å². The first-order chi connectivity index (χ1) is 14.3. The Morgan fingerprint density at radius 1 is 1.26 bits per heavy atom. The molecule has 8 heteroatoms. The van der Waals surface area contributed by atoms with Crippen LogP contribution in [0.5, 0.6) is 0 Å². The zero-order valence-corrected chi connectivity index (χ0v) is 20.9. The van der Waals surface area contributed by atoms with Gasteiger partial charge in [0.15, 0.2) is 4.75 Å². The van der Waals surface area contributed by atoms with E-state index in [4.69, 9.17) is 14.7 Å². The average molecular weight is 452 g/mol. The molecule has 1 aromatic rings. The van der Waals surface area contributed by atoms with E-state index in [1.165, 1.54) is 5.56 Å². The number of ether oxygens (including phenoxy) is 1. The van der Waals surface area contributed by atoms with Crippen LogP contribution >= 0.6 is 0 Å². The summed E-state index contributed by atoms with van der Waals surface area (Å²) in [7, 11) is 0. The highest BCUT2D eigenvalue weighted by Gasteiger charge is 2.42. The molecule has 0 radical (unpaired) electrons. The highest BCUT2D eigenvalue weighted by Crippen LogP contribution is 2.37. The van der Waals surface area contributed by atoms with Crippen molar-refractivity contribution >= 4 is 28.6 Å². The summed E-state index contributed by atoms with van der Waals surface area (Å²) in [5.74, 6) is 0. The third kappa shape index (κ3) is 5.98. The second-order valence-corrected chi connectivity index (χ2v) is 12.9. The van der Waals surface area contributed by atoms with E-state index in [2.05, 4.69) is 42.2 Å². The number of nitrogens with two attached hydrogens (primary N) is 1. The summed E-state index contributed by atoms with van der Waals surface area (Å²) >= 11 is -0.245. The number of nitrogen functional groups attached to an aromatic ring is 1. The topological polar surface area (TPSA) is 89.7 Å². The quantitative estimate of drug-likeness (QED) is 0.680. The molecule has 2 heterocycles. The molecule has 1 unspecified atom stereocenters. The molecule has 1 amide bonds. The van der Waals surface area contributed by atoms with Crippen molar-refractivity contribution in [3.05, 3.63) is 17.5 Å². The molecule has 1 aliphatic carbocycles. The normalized spacial score (nSPS) is 22.7. The SMILES string of the molecule is C[S+](O[C@@H]1CCN(c2c(N)cnc3c2CCC3)C[C@H]1NC(=O)OC(C)(C)C)C(C)(C)C. The summed E-state index contributed by atoms with van der Waals surface area (Å²) in [6, 6.07) is -0.189. The number of alkyl carbamates (subject to hydrolysis) is 1. The predicted molar refractivity (Wildman–Crippen MR) is 129 cm³/mol. The second kappa shape index (κ2) is 9.06. The fourth-order valence-electron chi connectivity index (χ4n) is 4.06. The van der Waals surface area contributed by atoms with Gasteiger partial charge in [0.1, 0.15) is 29.1 Å². The van der Waals surface area contributed by atoms with E-state index >= 15 is 0 Å². The van der Waals surface area contributed by atoms with Crippen molar-refractivity contribution in [1.29, 1.82) is 0 Å². The van der Waals surface area contributed by atoms with Crippen LogP contribution in [-0.4, -0.2) is 52.9 Å². The minimum atomic E-state index is -0.550. The summed E-state index contributed by atoms with van der Waals surface area (Å²) in [6.45, 7) is 13.6. The predicted octanol–water partition coefficient (Wildman–Crippen LogP) is 3.60. The maximum absolute atomic E-state index is 12.6. The Hall–Kier alpha value is -1.67. The van der Waals surface area contributed by atoms with Crippen LogP contribution in [-0.2, 0) is 32.9 Å². The zero-order valence-electron chi connectivity index (χ0n) is 20.1. The highest BCUT2D eigenvalue weighted by molar-refractivity contribution is 7.93. The smallest absolute Gasteiger partial charge is 0.408 e. The molecule has 1 saturated heterocycles. The minimum absolute atomic E-state index is 0.0456. The van der Waals surface area contributed by atoms with Gasteiger partial charge in [0.25, 0.3) is 0 Å². The number of amides is 1. The molecule has 31 heavy (non-hydrogen) atoms. The first-order valence-corrected chi connectivity index (χ1v) is 12.7. The van der Waals surface area contributed by atoms with Crippen LogP contribution in [0.1, 0.15) is 65.6 Å². The van der Waals surface area contributed by atoms with Gasteiger partial charge in [0, 0.05) is 18.8 Å². The molecule has 2 aliphatic rings. The number of carbonyl (C=O) groups is 1. The minimum Gasteiger partial charge on any atom is -0.444 e. The number of hydrogen-bond donors (Lipinski definition) is 2. The summed E-state index contributed by atoms with van der Waals surface area (Å²) < 4.78 is 12.1. The van der Waals surface area contributed by atoms with Crippen molar-refractivity contribution in [2.75, 3.05) is 30.0 Å². The Bertz CT molecular complexity index is 803. The Balaban J connectivity index is 1.82. The number of nitrogens with one attached hydrogen (secondary N) is 1. The second-order valence-electron chi connectivity index (χ2n) is 10.5. The van der Waals surface area contributed by atoms with Gasteiger partial charge < -0.3 is 20.7 Å². The van der Waals surface area contributed by atoms with Crippen LogP contribution in [0.25, 0.3) is 0 Å². The number of pyridine rings is 1. The maximum atomic E-state index is 12.6. The molecule has 3 N–H and O–H groups in total. The first-order valence-electron chi connectivity index (χ1n) is 11.2. The van der Waals surface area contributed by atoms with Crippen LogP contribution in [0.4, 0.5) is 16.2 Å². The Morgan fingerprint density at radius 2 is 1.97 bits per heavy atom. The molecule has 0 saturated carbocycles. The third-order valence-corrected chi connectivity index (χ3v) is 8.07. The number of fused-ring (bicyclic) bond motifs is 1. The fourth-order valence-corrected chi connectivity index (χ4v) is 4.95. The average Bonchev–Trinajstić information content (AvgIpc) is 3.09. The summed E-state index contributed by atoms with van der Waals surface area (Å²) in [6.07, 6.45) is 7.36. The van der Waals surface area contributed by atoms with E-state index < -0.39 is 11.7 Å². The molecule has 3 atom stereocenters. The van der Waals surface area contributed by atoms with E-state index in [0.717, 1.165) is 43.6 Å². The molecule has 0 aromatic carbocycles. The molecular formula is C23H39N4O3S+. The van der Waals surface area contributed by atoms with E-state index in [9.17, 15) is 4.79 Å². The number of nitrogens with zero attached hydrogens (tertiary/aromatic N) is 2. The Kier molecular flexibility index (Phi) is 7.01. The van der Waals surface area contributed by atoms with Crippen LogP contribution in [0.15, 0.2) is 6.20 Å². The Morgan fingerprint density at radius 3 is 2.61 bits per heavy atom. The lowest BCUT2D eigenvalue weighted by atomic mass is 10.00. The lowest BCUT2D eigenvalue weighted by Gasteiger charge is -2.40. The van der Waals surface area contributed by atoms with Gasteiger partial charge >= 0.3 is 6.09 Å². The van der Waals surface area contributed by atoms with Crippen molar-refractivity contribution in [3.63, 3.8) is 0 Å². The number of hydrogen-bond acceptors (Lipinski definition) is 6. The molecule has 1 fully saturated rings. The number of carbonyl (C=O) groups excluding carboxylic acids is 1. The number of anilines is 2. The van der Waals surface area contributed by atoms with Crippen molar-refractivity contribution in [2.24, 2.45) is 0 Å². The van der Waals surface area contributed by atoms with Gasteiger partial charge in [-0.25, -0.2) is 4.79 Å². The van der Waals surface area contributed by atoms with Gasteiger partial charge in [-0.3, -0.25) is 4.98 Å². The molecule has 0 bridgehead atoms. The monoisotopic (exact) mass is 451 g/mol. The number of piperidine rings is 1. The van der Waals surface area contributed by atoms with E-state index in [1.807, 2.05) is 20.8 Å². The third-order valence-electron chi connectivity index (χ3n) is 5.81. The lowest BCUT2D eigenvalue weighted by Crippen LogP contribution is -2.57. The lowest BCUT2D eigenvalue weighted by molar-refractivity contribution is 0.0439. The first kappa shape index (κ1) is 24.0. The van der Waals surface area contributed by atoms with Gasteiger partial charge in [-0.1, -0.05) is 0 Å². The van der Waals surface area contributed by atoms with Crippen LogP contribution in [0, 0.1) is 0 Å². The van der Waals surface area contributed by atoms with Crippen molar-refractivity contribution in [1.82, 2.24) is 10.3 Å². The van der Waals surface area contributed by atoms with Crippen LogP contribution in [0.2, 0.25) is 0 Å². The van der Waals surface area contributed by atoms with Gasteiger partial charge in [-0.15, -0.1) is 0 Å². The number of rotatable bonds is 4. The highest BCUT2D eigenvalue weighted by atomic mass is 32.2. The van der Waals surface area contributed by atoms with Gasteiger partial charge in [0.05, 0.1) is 23.6 Å². The largest absolute Gasteiger partial charge is 0.444 e. The number of aromatic nitrogens is 1. The molecular weight excluding hydrogens is 412 g/mol. The zero-order chi connectivity index (χ0) is 23.0. The molecule has 1 aliphatic heterocycles. The molecule has 3 rings (SSSR count). The van der Waals surface area contributed by atoms with Crippen molar-refractivity contribution in [3.8, 4) is 0 Å². The van der Waals surface area contributed by atoms with Gasteiger partial charge in [0.2, 0.25) is 0 Å². The summed E-state index contributed by atoms with van der Waals surface area (Å²) in [5, 5.41) is 3.09. The summed E-state index contributed by atoms with van der Waals surface area (Å²) in [5.41, 5.74) is 10.0. The van der Waals surface area contributed by atoms with E-state index in [-0.39, 0.29) is 28.1 Å².